The molecule has 11 heteroatoms. The predicted octanol–water partition coefficient (Wildman–Crippen LogP) is 5.31. The topological polar surface area (TPSA) is 52.9 Å². The number of hydrazone groups is 1. The first kappa shape index (κ1) is 20.3. The summed E-state index contributed by atoms with van der Waals surface area (Å²) in [5, 5.41) is 13.3. The summed E-state index contributed by atoms with van der Waals surface area (Å²) in [6.07, 6.45) is 1.24. The van der Waals surface area contributed by atoms with E-state index in [1.54, 1.807) is 0 Å². The molecule has 0 spiro atoms. The van der Waals surface area contributed by atoms with E-state index in [4.69, 9.17) is 11.6 Å². The zero-order chi connectivity index (χ0) is 20.9. The Labute approximate surface area is 167 Å². The summed E-state index contributed by atoms with van der Waals surface area (Å²) in [6, 6.07) is 2.70. The molecular formula is C17H7BrClF5N2O2. The van der Waals surface area contributed by atoms with E-state index in [-0.39, 0.29) is 31.5 Å². The van der Waals surface area contributed by atoms with Crippen LogP contribution in [0.15, 0.2) is 27.3 Å². The molecule has 0 saturated heterocycles. The van der Waals surface area contributed by atoms with E-state index >= 15 is 0 Å². The Balaban J connectivity index is 2.11. The average Bonchev–Trinajstić information content (AvgIpc) is 2.91. The number of phenolic OH excluding ortho intramolecular Hbond substituents is 1. The van der Waals surface area contributed by atoms with Crippen LogP contribution in [0, 0.1) is 29.1 Å². The highest BCUT2D eigenvalue weighted by atomic mass is 79.9. The van der Waals surface area contributed by atoms with Gasteiger partial charge >= 0.3 is 0 Å². The minimum Gasteiger partial charge on any atom is -0.505 e. The first-order valence-electron chi connectivity index (χ1n) is 7.35. The van der Waals surface area contributed by atoms with Gasteiger partial charge in [0.05, 0.1) is 20.8 Å². The van der Waals surface area contributed by atoms with Gasteiger partial charge in [0.25, 0.3) is 5.91 Å². The molecule has 1 N–H and O–H groups in total. The third-order valence-electron chi connectivity index (χ3n) is 3.81. The second kappa shape index (κ2) is 7.17. The lowest BCUT2D eigenvalue weighted by Gasteiger charge is -2.15. The number of nitrogens with zero attached hydrogens (tertiary/aromatic N) is 2. The number of carbonyl (C=O) groups excluding carboxylic acids is 1. The maximum Gasteiger partial charge on any atom is 0.280 e. The van der Waals surface area contributed by atoms with Gasteiger partial charge in [0, 0.05) is 0 Å². The molecule has 0 aromatic heterocycles. The van der Waals surface area contributed by atoms with Crippen molar-refractivity contribution < 1.29 is 31.9 Å². The molecule has 2 aromatic carbocycles. The van der Waals surface area contributed by atoms with Crippen LogP contribution in [0.1, 0.15) is 12.5 Å². The fraction of sp³-hybridized carbons (Fsp3) is 0.0588. The molecule has 1 amide bonds. The van der Waals surface area contributed by atoms with Crippen molar-refractivity contribution in [2.75, 3.05) is 5.01 Å². The zero-order valence-corrected chi connectivity index (χ0v) is 16.0. The fourth-order valence-corrected chi connectivity index (χ4v) is 3.27. The zero-order valence-electron chi connectivity index (χ0n) is 13.6. The number of hydrogen-bond acceptors (Lipinski definition) is 3. The molecule has 1 heterocycles. The number of carbonyl (C=O) groups is 1. The van der Waals surface area contributed by atoms with Crippen LogP contribution in [0.2, 0.25) is 5.02 Å². The van der Waals surface area contributed by atoms with E-state index in [0.717, 1.165) is 0 Å². The molecule has 28 heavy (non-hydrogen) atoms. The van der Waals surface area contributed by atoms with Gasteiger partial charge in [-0.25, -0.2) is 22.0 Å². The Morgan fingerprint density at radius 2 is 1.61 bits per heavy atom. The van der Waals surface area contributed by atoms with Crippen LogP contribution in [-0.2, 0) is 4.79 Å². The van der Waals surface area contributed by atoms with E-state index in [1.165, 1.54) is 25.1 Å². The highest BCUT2D eigenvalue weighted by molar-refractivity contribution is 9.10. The normalized spacial score (nSPS) is 15.6. The second-order valence-electron chi connectivity index (χ2n) is 5.61. The van der Waals surface area contributed by atoms with Gasteiger partial charge in [0.1, 0.15) is 11.4 Å². The Morgan fingerprint density at radius 1 is 1.07 bits per heavy atom. The lowest BCUT2D eigenvalue weighted by Crippen LogP contribution is -2.25. The first-order chi connectivity index (χ1) is 13.0. The number of phenols is 1. The van der Waals surface area contributed by atoms with E-state index < -0.39 is 40.7 Å². The van der Waals surface area contributed by atoms with Crippen LogP contribution in [0.5, 0.6) is 5.75 Å². The average molecular weight is 482 g/mol. The van der Waals surface area contributed by atoms with Crippen molar-refractivity contribution in [3.05, 3.63) is 61.9 Å². The van der Waals surface area contributed by atoms with E-state index in [1.807, 2.05) is 0 Å². The molecule has 0 saturated carbocycles. The summed E-state index contributed by atoms with van der Waals surface area (Å²) < 4.78 is 68.3. The molecule has 3 rings (SSSR count). The summed E-state index contributed by atoms with van der Waals surface area (Å²) in [5.41, 5.74) is -1.37. The van der Waals surface area contributed by atoms with Crippen LogP contribution in [-0.4, -0.2) is 16.7 Å². The largest absolute Gasteiger partial charge is 0.505 e. The highest BCUT2D eigenvalue weighted by Gasteiger charge is 2.37. The molecule has 4 nitrogen and oxygen atoms in total. The summed E-state index contributed by atoms with van der Waals surface area (Å²) in [7, 11) is 0. The van der Waals surface area contributed by atoms with Crippen LogP contribution in [0.3, 0.4) is 0 Å². The third-order valence-corrected chi connectivity index (χ3v) is 4.70. The molecule has 0 fully saturated rings. The monoisotopic (exact) mass is 480 g/mol. The van der Waals surface area contributed by atoms with E-state index in [9.17, 15) is 31.9 Å². The second-order valence-corrected chi connectivity index (χ2v) is 6.87. The summed E-state index contributed by atoms with van der Waals surface area (Å²) in [6.45, 7) is 1.31. The summed E-state index contributed by atoms with van der Waals surface area (Å²) in [5.74, 6) is -12.4. The van der Waals surface area contributed by atoms with Crippen molar-refractivity contribution in [3.63, 3.8) is 0 Å². The molecule has 0 unspecified atom stereocenters. The van der Waals surface area contributed by atoms with Crippen molar-refractivity contribution in [2.45, 2.75) is 6.92 Å². The molecule has 1 aliphatic heterocycles. The van der Waals surface area contributed by atoms with Gasteiger partial charge in [-0.15, -0.1) is 0 Å². The first-order valence-corrected chi connectivity index (χ1v) is 8.52. The number of aromatic hydroxyl groups is 1. The molecule has 0 radical (unpaired) electrons. The highest BCUT2D eigenvalue weighted by Crippen LogP contribution is 2.36. The molecule has 0 atom stereocenters. The number of benzene rings is 2. The van der Waals surface area contributed by atoms with Crippen molar-refractivity contribution in [3.8, 4) is 5.75 Å². The SMILES string of the molecule is CC1=NN(c2c(F)c(F)c(F)c(F)c2F)C(=O)/C1=C/c1cc(Cl)c(O)c(Br)c1. The van der Waals surface area contributed by atoms with E-state index in [2.05, 4.69) is 21.0 Å². The van der Waals surface area contributed by atoms with Crippen LogP contribution >= 0.6 is 27.5 Å². The maximum absolute atomic E-state index is 14.0. The number of anilines is 1. The minimum absolute atomic E-state index is 0.0331. The number of rotatable bonds is 2. The molecule has 2 aromatic rings. The van der Waals surface area contributed by atoms with Gasteiger partial charge in [-0.05, 0) is 46.6 Å². The van der Waals surface area contributed by atoms with Gasteiger partial charge in [0.2, 0.25) is 5.82 Å². The predicted molar refractivity (Wildman–Crippen MR) is 95.6 cm³/mol. The van der Waals surface area contributed by atoms with Crippen molar-refractivity contribution in [2.24, 2.45) is 5.10 Å². The number of hydrogen-bond donors (Lipinski definition) is 1. The van der Waals surface area contributed by atoms with Crippen LogP contribution in [0.25, 0.3) is 6.08 Å². The maximum atomic E-state index is 14.0. The van der Waals surface area contributed by atoms with Gasteiger partial charge in [-0.2, -0.15) is 10.1 Å². The Bertz CT molecular complexity index is 1050. The van der Waals surface area contributed by atoms with Gasteiger partial charge in [-0.3, -0.25) is 4.79 Å². The Morgan fingerprint density at radius 3 is 2.14 bits per heavy atom. The lowest BCUT2D eigenvalue weighted by atomic mass is 10.1. The van der Waals surface area contributed by atoms with Crippen LogP contribution in [0.4, 0.5) is 27.6 Å². The van der Waals surface area contributed by atoms with Gasteiger partial charge < -0.3 is 5.11 Å². The van der Waals surface area contributed by atoms with Gasteiger partial charge in [-0.1, -0.05) is 11.6 Å². The standard InChI is InChI=1S/C17H7BrClF5N2O2/c1-5-7(2-6-3-8(18)16(27)9(19)4-6)17(28)26(25-5)15-13(23)11(21)10(20)12(22)14(15)24/h2-4,27H,1H3/b7-2+. The number of halogens is 7. The third kappa shape index (κ3) is 3.16. The molecule has 1 aliphatic rings. The minimum atomic E-state index is -2.34. The summed E-state index contributed by atoms with van der Waals surface area (Å²) >= 11 is 8.90. The van der Waals surface area contributed by atoms with Gasteiger partial charge in [0.15, 0.2) is 23.3 Å². The fourth-order valence-electron chi connectivity index (χ4n) is 2.45. The quantitative estimate of drug-likeness (QED) is 0.274. The Hall–Kier alpha value is -2.46. The smallest absolute Gasteiger partial charge is 0.280 e. The number of amides is 1. The summed E-state index contributed by atoms with van der Waals surface area (Å²) in [4.78, 5) is 12.5. The van der Waals surface area contributed by atoms with Crippen molar-refractivity contribution in [1.29, 1.82) is 0 Å². The lowest BCUT2D eigenvalue weighted by molar-refractivity contribution is -0.114. The van der Waals surface area contributed by atoms with Crippen LogP contribution < -0.4 is 5.01 Å². The Kier molecular flexibility index (Phi) is 5.20. The van der Waals surface area contributed by atoms with Crippen molar-refractivity contribution in [1.82, 2.24) is 0 Å². The molecular weight excluding hydrogens is 475 g/mol. The molecule has 0 bridgehead atoms. The molecule has 0 aliphatic carbocycles. The van der Waals surface area contributed by atoms with Crippen molar-refractivity contribution >= 4 is 50.9 Å². The molecule has 146 valence electrons. The van der Waals surface area contributed by atoms with E-state index in [0.29, 0.717) is 5.56 Å².